The van der Waals surface area contributed by atoms with Gasteiger partial charge in [0.15, 0.2) is 0 Å². The quantitative estimate of drug-likeness (QED) is 0.779. The van der Waals surface area contributed by atoms with Gasteiger partial charge in [0.2, 0.25) is 0 Å². The maximum atomic E-state index is 11.7. The summed E-state index contributed by atoms with van der Waals surface area (Å²) in [7, 11) is 0. The van der Waals surface area contributed by atoms with Crippen LogP contribution in [0, 0.1) is 0 Å². The van der Waals surface area contributed by atoms with Crippen LogP contribution in [0.5, 0.6) is 0 Å². The van der Waals surface area contributed by atoms with Gasteiger partial charge in [0.05, 0.1) is 0 Å². The molecule has 0 saturated carbocycles. The molecule has 112 valence electrons. The number of benzene rings is 1. The van der Waals surface area contributed by atoms with Gasteiger partial charge in [-0.05, 0) is 30.2 Å². The molecule has 3 rings (SSSR count). The molecule has 1 N–H and O–H groups in total. The number of para-hydroxylation sites is 1. The predicted molar refractivity (Wildman–Crippen MR) is 87.0 cm³/mol. The monoisotopic (exact) mass is 314 g/mol. The summed E-state index contributed by atoms with van der Waals surface area (Å²) in [6.45, 7) is 2.06. The van der Waals surface area contributed by atoms with Gasteiger partial charge >= 0.3 is 5.97 Å². The Kier molecular flexibility index (Phi) is 3.86. The van der Waals surface area contributed by atoms with E-state index in [-0.39, 0.29) is 10.7 Å². The van der Waals surface area contributed by atoms with Crippen LogP contribution in [-0.2, 0) is 6.42 Å². The minimum absolute atomic E-state index is 0.122. The number of carbonyl (C=O) groups is 1. The van der Waals surface area contributed by atoms with Gasteiger partial charge in [0.1, 0.15) is 16.4 Å². The van der Waals surface area contributed by atoms with Crippen molar-refractivity contribution in [3.05, 3.63) is 58.9 Å². The van der Waals surface area contributed by atoms with Crippen LogP contribution in [0.3, 0.4) is 0 Å². The van der Waals surface area contributed by atoms with Gasteiger partial charge in [-0.15, -0.1) is 0 Å². The van der Waals surface area contributed by atoms with Gasteiger partial charge in [-0.1, -0.05) is 43.1 Å². The number of hydrogen-bond donors (Lipinski definition) is 1. The summed E-state index contributed by atoms with van der Waals surface area (Å²) < 4.78 is 1.69. The highest BCUT2D eigenvalue weighted by Crippen LogP contribution is 2.34. The fraction of sp³-hybridized carbons (Fsp3) is 0.176. The summed E-state index contributed by atoms with van der Waals surface area (Å²) in [5, 5.41) is 10.4. The number of hydrogen-bond acceptors (Lipinski definition) is 2. The number of aryl methyl sites for hydroxylation is 1. The summed E-state index contributed by atoms with van der Waals surface area (Å²) in [6.07, 6.45) is 3.41. The van der Waals surface area contributed by atoms with Crippen LogP contribution in [0.2, 0.25) is 5.15 Å². The third-order valence-electron chi connectivity index (χ3n) is 3.63. The van der Waals surface area contributed by atoms with Gasteiger partial charge in [-0.25, -0.2) is 9.78 Å². The molecule has 0 bridgehead atoms. The van der Waals surface area contributed by atoms with E-state index in [0.29, 0.717) is 11.0 Å². The Labute approximate surface area is 133 Å². The second-order valence-corrected chi connectivity index (χ2v) is 5.42. The Bertz CT molecular complexity index is 841. The molecular weight excluding hydrogens is 300 g/mol. The topological polar surface area (TPSA) is 55.1 Å². The summed E-state index contributed by atoms with van der Waals surface area (Å²) in [4.78, 5) is 16.1. The molecule has 0 aliphatic carbocycles. The van der Waals surface area contributed by atoms with Crippen molar-refractivity contribution < 1.29 is 9.90 Å². The number of pyridine rings is 1. The lowest BCUT2D eigenvalue weighted by Crippen LogP contribution is -1.98. The molecule has 22 heavy (non-hydrogen) atoms. The first-order valence-corrected chi connectivity index (χ1v) is 7.49. The van der Waals surface area contributed by atoms with Crippen molar-refractivity contribution in [2.45, 2.75) is 19.8 Å². The number of carboxylic acid groups (broad SMARTS) is 1. The lowest BCUT2D eigenvalue weighted by Gasteiger charge is -2.06. The first-order valence-electron chi connectivity index (χ1n) is 7.11. The maximum Gasteiger partial charge on any atom is 0.339 e. The Morgan fingerprint density at radius 3 is 2.64 bits per heavy atom. The van der Waals surface area contributed by atoms with E-state index in [1.165, 1.54) is 0 Å². The SMILES string of the molecule is CCCc1ccnc2c1c(C(=O)O)c(Cl)n2-c1ccccc1. The first kappa shape index (κ1) is 14.6. The molecule has 3 aromatic rings. The minimum Gasteiger partial charge on any atom is -0.478 e. The predicted octanol–water partition coefficient (Wildman–Crippen LogP) is 4.33. The van der Waals surface area contributed by atoms with Crippen molar-refractivity contribution in [3.63, 3.8) is 0 Å². The van der Waals surface area contributed by atoms with Crippen molar-refractivity contribution in [2.24, 2.45) is 0 Å². The summed E-state index contributed by atoms with van der Waals surface area (Å²) in [5.74, 6) is -1.03. The zero-order chi connectivity index (χ0) is 15.7. The summed E-state index contributed by atoms with van der Waals surface area (Å²) in [6, 6.07) is 11.3. The highest BCUT2D eigenvalue weighted by molar-refractivity contribution is 6.35. The van der Waals surface area contributed by atoms with Crippen molar-refractivity contribution in [1.29, 1.82) is 0 Å². The second kappa shape index (κ2) is 5.81. The number of carboxylic acids is 1. The van der Waals surface area contributed by atoms with E-state index in [2.05, 4.69) is 11.9 Å². The minimum atomic E-state index is -1.03. The molecule has 0 aliphatic rings. The average Bonchev–Trinajstić information content (AvgIpc) is 2.81. The Hall–Kier alpha value is -2.33. The molecule has 2 aromatic heterocycles. The van der Waals surface area contributed by atoms with Crippen molar-refractivity contribution in [1.82, 2.24) is 9.55 Å². The molecule has 5 heteroatoms. The third-order valence-corrected chi connectivity index (χ3v) is 3.99. The van der Waals surface area contributed by atoms with Crippen LogP contribution in [0.25, 0.3) is 16.7 Å². The van der Waals surface area contributed by atoms with E-state index >= 15 is 0 Å². The fourth-order valence-corrected chi connectivity index (χ4v) is 3.08. The van der Waals surface area contributed by atoms with Crippen molar-refractivity contribution >= 4 is 28.6 Å². The van der Waals surface area contributed by atoms with Gasteiger partial charge in [-0.2, -0.15) is 0 Å². The number of aromatic nitrogens is 2. The summed E-state index contributed by atoms with van der Waals surface area (Å²) in [5.41, 5.74) is 2.46. The molecule has 0 radical (unpaired) electrons. The highest BCUT2D eigenvalue weighted by Gasteiger charge is 2.24. The smallest absolute Gasteiger partial charge is 0.339 e. The molecule has 0 unspecified atom stereocenters. The van der Waals surface area contributed by atoms with Gasteiger partial charge in [-0.3, -0.25) is 4.57 Å². The third kappa shape index (κ3) is 2.25. The van der Waals surface area contributed by atoms with E-state index in [4.69, 9.17) is 11.6 Å². The first-order chi connectivity index (χ1) is 10.6. The zero-order valence-corrected chi connectivity index (χ0v) is 12.8. The van der Waals surface area contributed by atoms with E-state index in [0.717, 1.165) is 24.1 Å². The van der Waals surface area contributed by atoms with E-state index in [1.54, 1.807) is 10.8 Å². The number of aromatic carboxylic acids is 1. The Morgan fingerprint density at radius 2 is 2.00 bits per heavy atom. The number of halogens is 1. The Morgan fingerprint density at radius 1 is 1.27 bits per heavy atom. The normalized spacial score (nSPS) is 11.0. The van der Waals surface area contributed by atoms with Gasteiger partial charge < -0.3 is 5.11 Å². The molecular formula is C17H15ClN2O2. The number of nitrogens with zero attached hydrogens (tertiary/aromatic N) is 2. The lowest BCUT2D eigenvalue weighted by atomic mass is 10.1. The van der Waals surface area contributed by atoms with Crippen LogP contribution >= 0.6 is 11.6 Å². The molecule has 0 spiro atoms. The van der Waals surface area contributed by atoms with Gasteiger partial charge in [0.25, 0.3) is 0 Å². The van der Waals surface area contributed by atoms with E-state index in [1.807, 2.05) is 36.4 Å². The summed E-state index contributed by atoms with van der Waals surface area (Å²) >= 11 is 6.40. The zero-order valence-electron chi connectivity index (χ0n) is 12.1. The van der Waals surface area contributed by atoms with E-state index in [9.17, 15) is 9.90 Å². The molecule has 4 nitrogen and oxygen atoms in total. The van der Waals surface area contributed by atoms with Crippen LogP contribution in [0.15, 0.2) is 42.6 Å². The number of rotatable bonds is 4. The lowest BCUT2D eigenvalue weighted by molar-refractivity contribution is 0.0699. The molecule has 2 heterocycles. The maximum absolute atomic E-state index is 11.7. The molecule has 1 aromatic carbocycles. The van der Waals surface area contributed by atoms with Crippen molar-refractivity contribution in [3.8, 4) is 5.69 Å². The largest absolute Gasteiger partial charge is 0.478 e. The molecule has 0 fully saturated rings. The number of fused-ring (bicyclic) bond motifs is 1. The highest BCUT2D eigenvalue weighted by atomic mass is 35.5. The van der Waals surface area contributed by atoms with E-state index < -0.39 is 5.97 Å². The molecule has 0 aliphatic heterocycles. The standard InChI is InChI=1S/C17H15ClN2O2/c1-2-6-11-9-10-19-16-13(11)14(17(21)22)15(18)20(16)12-7-4-3-5-8-12/h3-5,7-10H,2,6H2,1H3,(H,21,22). The van der Waals surface area contributed by atoms with Crippen LogP contribution in [-0.4, -0.2) is 20.6 Å². The second-order valence-electron chi connectivity index (χ2n) is 5.06. The van der Waals surface area contributed by atoms with Crippen molar-refractivity contribution in [2.75, 3.05) is 0 Å². The fourth-order valence-electron chi connectivity index (χ4n) is 2.72. The van der Waals surface area contributed by atoms with Crippen LogP contribution in [0.1, 0.15) is 29.3 Å². The molecule has 0 amide bonds. The molecule has 0 atom stereocenters. The van der Waals surface area contributed by atoms with Crippen LogP contribution < -0.4 is 0 Å². The van der Waals surface area contributed by atoms with Crippen LogP contribution in [0.4, 0.5) is 0 Å². The van der Waals surface area contributed by atoms with Gasteiger partial charge in [0, 0.05) is 17.3 Å². The average molecular weight is 315 g/mol. The Balaban J connectivity index is 2.42. The molecule has 0 saturated heterocycles.